The van der Waals surface area contributed by atoms with Gasteiger partial charge in [-0.25, -0.2) is 4.39 Å². The van der Waals surface area contributed by atoms with Crippen molar-refractivity contribution < 1.29 is 33.2 Å². The summed E-state index contributed by atoms with van der Waals surface area (Å²) in [5.41, 5.74) is 0.943. The van der Waals surface area contributed by atoms with Crippen LogP contribution in [-0.2, 0) is 25.4 Å². The molecule has 0 spiro atoms. The van der Waals surface area contributed by atoms with Crippen molar-refractivity contribution in [3.63, 3.8) is 0 Å². The maximum atomic E-state index is 13.6. The number of halogens is 1. The first-order valence-corrected chi connectivity index (χ1v) is 8.30. The molecule has 0 saturated carbocycles. The van der Waals surface area contributed by atoms with Crippen LogP contribution in [0.15, 0.2) is 18.2 Å². The van der Waals surface area contributed by atoms with E-state index in [9.17, 15) is 9.18 Å². The molecule has 1 N–H and O–H groups in total. The molecule has 0 amide bonds. The molecule has 0 aliphatic heterocycles. The highest BCUT2D eigenvalue weighted by Crippen LogP contribution is 2.18. The number of hydrogen-bond donors (Lipinski definition) is 1. The van der Waals surface area contributed by atoms with Crippen LogP contribution in [-0.4, -0.2) is 64.8 Å². The summed E-state index contributed by atoms with van der Waals surface area (Å²) in [5.74, 6) is -0.100. The number of aldehydes is 1. The normalized spacial score (nSPS) is 10.1. The molecular weight excluding hydrogens is 331 g/mol. The van der Waals surface area contributed by atoms with E-state index in [1.165, 1.54) is 6.07 Å². The molecule has 0 radical (unpaired) electrons. The summed E-state index contributed by atoms with van der Waals surface area (Å²) in [6.45, 7) is 4.88. The Morgan fingerprint density at radius 1 is 0.960 bits per heavy atom. The summed E-state index contributed by atoms with van der Waals surface area (Å²) in [4.78, 5) is 10.0. The Kier molecular flexibility index (Phi) is 16.2. The Hall–Kier alpha value is -1.54. The van der Waals surface area contributed by atoms with Gasteiger partial charge in [0.15, 0.2) is 11.6 Å². The van der Waals surface area contributed by atoms with Gasteiger partial charge in [-0.1, -0.05) is 13.0 Å². The first kappa shape index (κ1) is 23.5. The zero-order chi connectivity index (χ0) is 18.8. The summed E-state index contributed by atoms with van der Waals surface area (Å²) >= 11 is 0. The predicted octanol–water partition coefficient (Wildman–Crippen LogP) is 2.01. The second kappa shape index (κ2) is 17.3. The summed E-state index contributed by atoms with van der Waals surface area (Å²) in [5, 5.41) is 7.00. The summed E-state index contributed by atoms with van der Waals surface area (Å²) in [6, 6.07) is 4.98. The molecule has 144 valence electrons. The van der Waals surface area contributed by atoms with Crippen LogP contribution in [0.2, 0.25) is 0 Å². The number of carbonyl (C=O) groups excluding carboxylic acids is 1. The fourth-order valence-corrected chi connectivity index (χ4v) is 1.77. The van der Waals surface area contributed by atoms with Crippen molar-refractivity contribution in [2.45, 2.75) is 19.8 Å². The highest BCUT2D eigenvalue weighted by Gasteiger charge is 2.03. The third-order valence-corrected chi connectivity index (χ3v) is 3.01. The summed E-state index contributed by atoms with van der Waals surface area (Å²) in [6.07, 6.45) is 2.02. The number of aryl methyl sites for hydroxylation is 1. The van der Waals surface area contributed by atoms with E-state index in [0.717, 1.165) is 25.4 Å². The van der Waals surface area contributed by atoms with E-state index in [2.05, 4.69) is 0 Å². The van der Waals surface area contributed by atoms with Crippen molar-refractivity contribution in [1.29, 1.82) is 0 Å². The molecule has 0 aliphatic rings. The van der Waals surface area contributed by atoms with E-state index in [4.69, 9.17) is 24.1 Å². The number of benzene rings is 1. The lowest BCUT2D eigenvalue weighted by molar-refractivity contribution is -0.108. The van der Waals surface area contributed by atoms with Crippen molar-refractivity contribution in [3.8, 4) is 5.75 Å². The SMILES string of the molecule is CCc1ccc(OCCOCCOCCOCCC=O)c(F)c1.CO. The van der Waals surface area contributed by atoms with Crippen LogP contribution in [0.5, 0.6) is 5.75 Å². The fourth-order valence-electron chi connectivity index (χ4n) is 1.77. The van der Waals surface area contributed by atoms with Crippen molar-refractivity contribution in [1.82, 2.24) is 0 Å². The molecule has 25 heavy (non-hydrogen) atoms. The molecule has 7 heteroatoms. The lowest BCUT2D eigenvalue weighted by Gasteiger charge is -2.09. The highest BCUT2D eigenvalue weighted by atomic mass is 19.1. The van der Waals surface area contributed by atoms with E-state index < -0.39 is 0 Å². The van der Waals surface area contributed by atoms with Gasteiger partial charge in [0.25, 0.3) is 0 Å². The van der Waals surface area contributed by atoms with Crippen molar-refractivity contribution in [2.75, 3.05) is 53.4 Å². The second-order valence-electron chi connectivity index (χ2n) is 4.76. The Morgan fingerprint density at radius 2 is 1.52 bits per heavy atom. The maximum absolute atomic E-state index is 13.6. The molecule has 0 heterocycles. The van der Waals surface area contributed by atoms with Gasteiger partial charge in [0.05, 0.1) is 39.6 Å². The van der Waals surface area contributed by atoms with Crippen LogP contribution in [0.4, 0.5) is 4.39 Å². The number of aliphatic hydroxyl groups is 1. The average Bonchev–Trinajstić information content (AvgIpc) is 2.65. The molecule has 6 nitrogen and oxygen atoms in total. The lowest BCUT2D eigenvalue weighted by atomic mass is 10.1. The van der Waals surface area contributed by atoms with Gasteiger partial charge in [0.2, 0.25) is 0 Å². The molecule has 0 atom stereocenters. The first-order valence-electron chi connectivity index (χ1n) is 8.30. The average molecular weight is 360 g/mol. The second-order valence-corrected chi connectivity index (χ2v) is 4.76. The number of carbonyl (C=O) groups is 1. The summed E-state index contributed by atoms with van der Waals surface area (Å²) < 4.78 is 34.7. The number of aliphatic hydroxyl groups excluding tert-OH is 1. The number of hydrogen-bond acceptors (Lipinski definition) is 6. The molecule has 0 unspecified atom stereocenters. The molecule has 1 aromatic rings. The van der Waals surface area contributed by atoms with Crippen molar-refractivity contribution in [2.24, 2.45) is 0 Å². The molecule has 0 aliphatic carbocycles. The molecule has 1 rings (SSSR count). The minimum absolute atomic E-state index is 0.245. The van der Waals surface area contributed by atoms with Gasteiger partial charge in [0, 0.05) is 13.5 Å². The predicted molar refractivity (Wildman–Crippen MR) is 92.6 cm³/mol. The number of ether oxygens (including phenoxy) is 4. The minimum atomic E-state index is -0.345. The third-order valence-electron chi connectivity index (χ3n) is 3.01. The van der Waals surface area contributed by atoms with Crippen LogP contribution in [0.25, 0.3) is 0 Å². The fraction of sp³-hybridized carbons (Fsp3) is 0.611. The molecule has 0 saturated heterocycles. The number of rotatable bonds is 14. The highest BCUT2D eigenvalue weighted by molar-refractivity contribution is 5.49. The zero-order valence-electron chi connectivity index (χ0n) is 15.0. The van der Waals surface area contributed by atoms with Crippen LogP contribution in [0, 0.1) is 5.82 Å². The smallest absolute Gasteiger partial charge is 0.165 e. The van der Waals surface area contributed by atoms with Crippen LogP contribution >= 0.6 is 0 Å². The first-order chi connectivity index (χ1) is 12.3. The summed E-state index contributed by atoms with van der Waals surface area (Å²) in [7, 11) is 1.00. The van der Waals surface area contributed by atoms with E-state index in [0.29, 0.717) is 46.1 Å². The third kappa shape index (κ3) is 12.5. The van der Waals surface area contributed by atoms with Crippen LogP contribution in [0.1, 0.15) is 18.9 Å². The Balaban J connectivity index is 0.00000277. The van der Waals surface area contributed by atoms with Gasteiger partial charge < -0.3 is 28.8 Å². The minimum Gasteiger partial charge on any atom is -0.488 e. The van der Waals surface area contributed by atoms with Crippen molar-refractivity contribution >= 4 is 6.29 Å². The molecule has 1 aromatic carbocycles. The topological polar surface area (TPSA) is 74.2 Å². The maximum Gasteiger partial charge on any atom is 0.165 e. The zero-order valence-corrected chi connectivity index (χ0v) is 15.0. The molecule has 0 aromatic heterocycles. The van der Waals surface area contributed by atoms with Gasteiger partial charge in [-0.3, -0.25) is 0 Å². The van der Waals surface area contributed by atoms with E-state index in [1.807, 2.05) is 13.0 Å². The monoisotopic (exact) mass is 360 g/mol. The standard InChI is InChI=1S/C17H25FO5.CH4O/c1-2-15-4-5-17(16(18)14-15)23-13-12-22-11-10-21-9-8-20-7-3-6-19;1-2/h4-6,14H,2-3,7-13H2,1H3;2H,1H3. The van der Waals surface area contributed by atoms with Gasteiger partial charge in [0.1, 0.15) is 12.9 Å². The van der Waals surface area contributed by atoms with E-state index >= 15 is 0 Å². The lowest BCUT2D eigenvalue weighted by Crippen LogP contribution is -2.13. The Labute approximate surface area is 148 Å². The molecule has 0 bridgehead atoms. The molecule has 0 fully saturated rings. The van der Waals surface area contributed by atoms with Gasteiger partial charge in [-0.15, -0.1) is 0 Å². The van der Waals surface area contributed by atoms with Gasteiger partial charge in [-0.05, 0) is 24.1 Å². The van der Waals surface area contributed by atoms with Crippen LogP contribution in [0.3, 0.4) is 0 Å². The Morgan fingerprint density at radius 3 is 2.04 bits per heavy atom. The van der Waals surface area contributed by atoms with E-state index in [1.54, 1.807) is 6.07 Å². The van der Waals surface area contributed by atoms with E-state index in [-0.39, 0.29) is 18.2 Å². The van der Waals surface area contributed by atoms with Crippen LogP contribution < -0.4 is 4.74 Å². The van der Waals surface area contributed by atoms with Gasteiger partial charge >= 0.3 is 0 Å². The molecular formula is C18H29FO6. The van der Waals surface area contributed by atoms with Gasteiger partial charge in [-0.2, -0.15) is 0 Å². The largest absolute Gasteiger partial charge is 0.488 e. The Bertz CT molecular complexity index is 442. The quantitative estimate of drug-likeness (QED) is 0.404. The van der Waals surface area contributed by atoms with Crippen molar-refractivity contribution in [3.05, 3.63) is 29.6 Å².